The second kappa shape index (κ2) is 5.70. The highest BCUT2D eigenvalue weighted by atomic mass is 16.6. The van der Waals surface area contributed by atoms with Crippen molar-refractivity contribution in [2.75, 3.05) is 0 Å². The van der Waals surface area contributed by atoms with Gasteiger partial charge in [0.25, 0.3) is 11.9 Å². The van der Waals surface area contributed by atoms with Crippen molar-refractivity contribution < 1.29 is 14.9 Å². The number of rotatable bonds is 3. The molecule has 2 aromatic carbocycles. The summed E-state index contributed by atoms with van der Waals surface area (Å²) in [5, 5.41) is 35.4. The molecule has 0 saturated heterocycles. The molecule has 0 spiro atoms. The van der Waals surface area contributed by atoms with Gasteiger partial charge in [0.1, 0.15) is 5.54 Å². The van der Waals surface area contributed by atoms with E-state index < -0.39 is 16.6 Å². The number of nitro groups is 1. The zero-order valence-electron chi connectivity index (χ0n) is 13.3. The van der Waals surface area contributed by atoms with Crippen molar-refractivity contribution in [1.82, 2.24) is 5.06 Å². The lowest BCUT2D eigenvalue weighted by Crippen LogP contribution is -2.44. The van der Waals surface area contributed by atoms with Gasteiger partial charge in [-0.15, -0.1) is 5.06 Å². The molecule has 0 amide bonds. The van der Waals surface area contributed by atoms with E-state index in [1.165, 1.54) is 18.2 Å². The first-order chi connectivity index (χ1) is 11.3. The molecule has 1 aliphatic heterocycles. The van der Waals surface area contributed by atoms with E-state index in [1.807, 2.05) is 18.2 Å². The maximum Gasteiger partial charge on any atom is 0.270 e. The van der Waals surface area contributed by atoms with Gasteiger partial charge in [-0.2, -0.15) is 4.74 Å². The van der Waals surface area contributed by atoms with E-state index in [9.17, 15) is 20.5 Å². The lowest BCUT2D eigenvalue weighted by atomic mass is 9.93. The number of hydroxylamine groups is 3. The third-order valence-corrected chi connectivity index (χ3v) is 4.25. The molecule has 1 heterocycles. The van der Waals surface area contributed by atoms with E-state index >= 15 is 0 Å². The van der Waals surface area contributed by atoms with Gasteiger partial charge in [0.15, 0.2) is 0 Å². The standard InChI is InChI=1S/C17H17N3O4/c1-17(2)15(12-7-4-3-5-8-12)18(21)16(19(17)22)13-9-6-10-14(11-13)20(23)24/h3-11,16,22H,1-2H3. The highest BCUT2D eigenvalue weighted by molar-refractivity contribution is 6.04. The average molecular weight is 327 g/mol. The average Bonchev–Trinajstić information content (AvgIpc) is 2.73. The number of non-ortho nitro benzene ring substituents is 1. The van der Waals surface area contributed by atoms with Crippen LogP contribution in [0.2, 0.25) is 0 Å². The number of nitro benzene ring substituents is 1. The lowest BCUT2D eigenvalue weighted by Gasteiger charge is -2.25. The Kier molecular flexibility index (Phi) is 3.82. The molecule has 0 fully saturated rings. The molecule has 1 atom stereocenters. The van der Waals surface area contributed by atoms with Crippen LogP contribution >= 0.6 is 0 Å². The molecule has 1 unspecified atom stereocenters. The van der Waals surface area contributed by atoms with Gasteiger partial charge in [-0.25, -0.2) is 0 Å². The van der Waals surface area contributed by atoms with Gasteiger partial charge in [-0.1, -0.05) is 30.3 Å². The van der Waals surface area contributed by atoms with Crippen LogP contribution in [0.15, 0.2) is 54.6 Å². The summed E-state index contributed by atoms with van der Waals surface area (Å²) in [4.78, 5) is 10.5. The van der Waals surface area contributed by atoms with Crippen LogP contribution in [-0.2, 0) is 0 Å². The van der Waals surface area contributed by atoms with Gasteiger partial charge < -0.3 is 10.4 Å². The Morgan fingerprint density at radius 2 is 1.83 bits per heavy atom. The number of benzene rings is 2. The first kappa shape index (κ1) is 16.1. The summed E-state index contributed by atoms with van der Waals surface area (Å²) in [5.74, 6) is 0. The van der Waals surface area contributed by atoms with Gasteiger partial charge in [-0.3, -0.25) is 10.1 Å². The quantitative estimate of drug-likeness (QED) is 0.405. The van der Waals surface area contributed by atoms with Gasteiger partial charge in [0.2, 0.25) is 5.71 Å². The minimum Gasteiger partial charge on any atom is -0.622 e. The Hall–Kier alpha value is -2.77. The van der Waals surface area contributed by atoms with Crippen molar-refractivity contribution >= 4 is 11.4 Å². The first-order valence-electron chi connectivity index (χ1n) is 7.46. The molecule has 1 N–H and O–H groups in total. The van der Waals surface area contributed by atoms with Gasteiger partial charge in [-0.05, 0) is 26.0 Å². The maximum atomic E-state index is 12.9. The van der Waals surface area contributed by atoms with E-state index in [1.54, 1.807) is 32.0 Å². The van der Waals surface area contributed by atoms with E-state index in [-0.39, 0.29) is 5.69 Å². The fourth-order valence-electron chi connectivity index (χ4n) is 3.06. The van der Waals surface area contributed by atoms with Gasteiger partial charge >= 0.3 is 0 Å². The van der Waals surface area contributed by atoms with Crippen molar-refractivity contribution in [3.8, 4) is 0 Å². The summed E-state index contributed by atoms with van der Waals surface area (Å²) in [6, 6.07) is 14.8. The van der Waals surface area contributed by atoms with E-state index in [4.69, 9.17) is 0 Å². The van der Waals surface area contributed by atoms with E-state index in [0.717, 1.165) is 5.06 Å². The third kappa shape index (κ3) is 2.44. The van der Waals surface area contributed by atoms with Crippen molar-refractivity contribution in [1.29, 1.82) is 0 Å². The summed E-state index contributed by atoms with van der Waals surface area (Å²) in [6.07, 6.45) is -1.05. The van der Waals surface area contributed by atoms with Crippen LogP contribution < -0.4 is 0 Å². The Balaban J connectivity index is 2.14. The monoisotopic (exact) mass is 327 g/mol. The summed E-state index contributed by atoms with van der Waals surface area (Å²) in [7, 11) is 0. The van der Waals surface area contributed by atoms with Crippen LogP contribution in [0.5, 0.6) is 0 Å². The number of nitrogens with zero attached hydrogens (tertiary/aromatic N) is 3. The fraction of sp³-hybridized carbons (Fsp3) is 0.235. The minimum absolute atomic E-state index is 0.125. The lowest BCUT2D eigenvalue weighted by molar-refractivity contribution is -0.544. The molecule has 1 aliphatic rings. The van der Waals surface area contributed by atoms with Crippen LogP contribution in [0.4, 0.5) is 5.69 Å². The molecule has 124 valence electrons. The molecule has 7 heteroatoms. The predicted molar refractivity (Wildman–Crippen MR) is 87.7 cm³/mol. The Morgan fingerprint density at radius 1 is 1.17 bits per heavy atom. The maximum absolute atomic E-state index is 12.9. The summed E-state index contributed by atoms with van der Waals surface area (Å²) >= 11 is 0. The molecular weight excluding hydrogens is 310 g/mol. The minimum atomic E-state index is -1.05. The molecule has 0 aromatic heterocycles. The van der Waals surface area contributed by atoms with Crippen molar-refractivity contribution in [2.24, 2.45) is 0 Å². The molecular formula is C17H17N3O4. The van der Waals surface area contributed by atoms with Crippen LogP contribution in [0, 0.1) is 15.3 Å². The van der Waals surface area contributed by atoms with Gasteiger partial charge in [0, 0.05) is 23.3 Å². The Bertz CT molecular complexity index is 818. The predicted octanol–water partition coefficient (Wildman–Crippen LogP) is 3.08. The second-order valence-corrected chi connectivity index (χ2v) is 6.17. The largest absolute Gasteiger partial charge is 0.622 e. The van der Waals surface area contributed by atoms with Crippen molar-refractivity contribution in [2.45, 2.75) is 25.6 Å². The molecule has 2 aromatic rings. The molecule has 0 aliphatic carbocycles. The molecule has 0 saturated carbocycles. The highest BCUT2D eigenvalue weighted by Gasteiger charge is 2.52. The van der Waals surface area contributed by atoms with Crippen molar-refractivity contribution in [3.05, 3.63) is 81.0 Å². The SMILES string of the molecule is CC1(C)C(c2ccccc2)=[N+]([O-])C(c2cccc([N+](=O)[O-])c2)N1O. The van der Waals surface area contributed by atoms with E-state index in [0.29, 0.717) is 21.6 Å². The van der Waals surface area contributed by atoms with Crippen LogP contribution in [0.1, 0.15) is 31.1 Å². The zero-order valence-corrected chi connectivity index (χ0v) is 13.3. The zero-order chi connectivity index (χ0) is 17.5. The normalized spacial score (nSPS) is 20.4. The van der Waals surface area contributed by atoms with Crippen LogP contribution in [0.25, 0.3) is 0 Å². The van der Waals surface area contributed by atoms with Gasteiger partial charge in [0.05, 0.1) is 4.92 Å². The third-order valence-electron chi connectivity index (χ3n) is 4.25. The van der Waals surface area contributed by atoms with Crippen LogP contribution in [0.3, 0.4) is 0 Å². The highest BCUT2D eigenvalue weighted by Crippen LogP contribution is 2.37. The molecule has 0 radical (unpaired) electrons. The molecule has 24 heavy (non-hydrogen) atoms. The molecule has 3 rings (SSSR count). The van der Waals surface area contributed by atoms with E-state index in [2.05, 4.69) is 0 Å². The fourth-order valence-corrected chi connectivity index (χ4v) is 3.06. The smallest absolute Gasteiger partial charge is 0.270 e. The van der Waals surface area contributed by atoms with Crippen LogP contribution in [-0.4, -0.2) is 31.2 Å². The Morgan fingerprint density at radius 3 is 2.46 bits per heavy atom. The second-order valence-electron chi connectivity index (χ2n) is 6.17. The van der Waals surface area contributed by atoms with Crippen molar-refractivity contribution in [3.63, 3.8) is 0 Å². The summed E-state index contributed by atoms with van der Waals surface area (Å²) in [6.45, 7) is 3.47. The number of hydrogen-bond donors (Lipinski definition) is 1. The Labute approximate surface area is 138 Å². The topological polar surface area (TPSA) is 92.7 Å². The molecule has 7 nitrogen and oxygen atoms in total. The molecule has 0 bridgehead atoms. The summed E-state index contributed by atoms with van der Waals surface area (Å²) < 4.78 is 0.717. The number of hydrogen-bond acceptors (Lipinski definition) is 5. The summed E-state index contributed by atoms with van der Waals surface area (Å²) in [5.41, 5.74) is 0.394. The first-order valence-corrected chi connectivity index (χ1v) is 7.46.